The second-order valence-electron chi connectivity index (χ2n) is 5.51. The van der Waals surface area contributed by atoms with Crippen LogP contribution in [0.15, 0.2) is 24.3 Å². The zero-order chi connectivity index (χ0) is 17.0. The summed E-state index contributed by atoms with van der Waals surface area (Å²) in [6.07, 6.45) is 0.592. The van der Waals surface area contributed by atoms with Crippen LogP contribution in [0.3, 0.4) is 0 Å². The van der Waals surface area contributed by atoms with E-state index >= 15 is 0 Å². The lowest BCUT2D eigenvalue weighted by Gasteiger charge is -2.24. The Morgan fingerprint density at radius 1 is 1.30 bits per heavy atom. The van der Waals surface area contributed by atoms with E-state index in [4.69, 9.17) is 9.84 Å². The number of carbonyl (C=O) groups excluding carboxylic acids is 2. The lowest BCUT2D eigenvalue weighted by Crippen LogP contribution is -2.43. The van der Waals surface area contributed by atoms with Gasteiger partial charge in [0, 0.05) is 19.1 Å². The number of carboxylic acid groups (broad SMARTS) is 1. The molecule has 0 bridgehead atoms. The number of urea groups is 1. The van der Waals surface area contributed by atoms with Gasteiger partial charge in [-0.3, -0.25) is 4.79 Å². The molecule has 2 amide bonds. The number of hydrogen-bond acceptors (Lipinski definition) is 4. The maximum absolute atomic E-state index is 12.2. The number of rotatable bonds is 4. The highest BCUT2D eigenvalue weighted by molar-refractivity contribution is 5.87. The number of benzene rings is 1. The van der Waals surface area contributed by atoms with Gasteiger partial charge < -0.3 is 20.1 Å². The maximum atomic E-state index is 12.2. The van der Waals surface area contributed by atoms with E-state index < -0.39 is 5.97 Å². The van der Waals surface area contributed by atoms with Crippen LogP contribution in [0.1, 0.15) is 29.3 Å². The third-order valence-corrected chi connectivity index (χ3v) is 4.16. The maximum Gasteiger partial charge on any atom is 0.335 e. The molecular formula is C16H20N2O5. The number of methoxy groups -OCH3 is 1. The Kier molecular flexibility index (Phi) is 5.20. The average molecular weight is 320 g/mol. The second-order valence-corrected chi connectivity index (χ2v) is 5.51. The number of aromatic carboxylic acids is 1. The molecule has 7 heteroatoms. The topological polar surface area (TPSA) is 95.9 Å². The zero-order valence-corrected chi connectivity index (χ0v) is 13.1. The van der Waals surface area contributed by atoms with Crippen LogP contribution in [0.5, 0.6) is 0 Å². The molecule has 0 aliphatic carbocycles. The van der Waals surface area contributed by atoms with E-state index in [1.165, 1.54) is 19.2 Å². The number of hydrogen-bond donors (Lipinski definition) is 2. The summed E-state index contributed by atoms with van der Waals surface area (Å²) in [5, 5.41) is 11.6. The van der Waals surface area contributed by atoms with Crippen LogP contribution in [0.4, 0.5) is 4.79 Å². The van der Waals surface area contributed by atoms with E-state index in [-0.39, 0.29) is 29.5 Å². The van der Waals surface area contributed by atoms with Gasteiger partial charge in [-0.2, -0.15) is 0 Å². The van der Waals surface area contributed by atoms with Crippen LogP contribution in [0, 0.1) is 5.92 Å². The summed E-state index contributed by atoms with van der Waals surface area (Å²) >= 11 is 0. The van der Waals surface area contributed by atoms with Crippen molar-refractivity contribution in [2.45, 2.75) is 25.9 Å². The van der Waals surface area contributed by atoms with Crippen LogP contribution >= 0.6 is 0 Å². The van der Waals surface area contributed by atoms with Crippen molar-refractivity contribution in [2.24, 2.45) is 5.92 Å². The lowest BCUT2D eigenvalue weighted by atomic mass is 10.0. The molecule has 1 aromatic carbocycles. The number of nitrogens with one attached hydrogen (secondary N) is 1. The summed E-state index contributed by atoms with van der Waals surface area (Å²) in [5.41, 5.74) is 1.01. The molecule has 124 valence electrons. The fourth-order valence-electron chi connectivity index (χ4n) is 2.74. The molecule has 7 nitrogen and oxygen atoms in total. The highest BCUT2D eigenvalue weighted by Crippen LogP contribution is 2.25. The van der Waals surface area contributed by atoms with Gasteiger partial charge in [0.2, 0.25) is 0 Å². The number of carboxylic acids is 1. The summed E-state index contributed by atoms with van der Waals surface area (Å²) in [6, 6.07) is 5.86. The van der Waals surface area contributed by atoms with Crippen molar-refractivity contribution in [3.8, 4) is 0 Å². The third-order valence-electron chi connectivity index (χ3n) is 4.16. The molecule has 2 rings (SSSR count). The Bertz CT molecular complexity index is 599. The van der Waals surface area contributed by atoms with Crippen molar-refractivity contribution >= 4 is 18.0 Å². The van der Waals surface area contributed by atoms with Crippen LogP contribution in [0.25, 0.3) is 0 Å². The summed E-state index contributed by atoms with van der Waals surface area (Å²) in [7, 11) is 1.35. The van der Waals surface area contributed by atoms with E-state index in [0.717, 1.165) is 5.56 Å². The number of amides is 2. The largest absolute Gasteiger partial charge is 0.478 e. The second kappa shape index (κ2) is 7.13. The Balaban J connectivity index is 1.90. The van der Waals surface area contributed by atoms with Crippen molar-refractivity contribution in [1.29, 1.82) is 0 Å². The van der Waals surface area contributed by atoms with Gasteiger partial charge in [0.1, 0.15) is 0 Å². The Hall–Kier alpha value is -2.57. The monoisotopic (exact) mass is 320 g/mol. The summed E-state index contributed by atoms with van der Waals surface area (Å²) in [4.78, 5) is 36.3. The van der Waals surface area contributed by atoms with Crippen molar-refractivity contribution in [3.63, 3.8) is 0 Å². The average Bonchev–Trinajstić information content (AvgIpc) is 2.94. The van der Waals surface area contributed by atoms with E-state index in [9.17, 15) is 14.4 Å². The predicted molar refractivity (Wildman–Crippen MR) is 81.9 cm³/mol. The highest BCUT2D eigenvalue weighted by atomic mass is 16.5. The first kappa shape index (κ1) is 16.8. The Morgan fingerprint density at radius 3 is 2.52 bits per heavy atom. The normalized spacial score (nSPS) is 20.2. The lowest BCUT2D eigenvalue weighted by molar-refractivity contribution is -0.145. The first-order valence-electron chi connectivity index (χ1n) is 7.38. The Morgan fingerprint density at radius 2 is 1.96 bits per heavy atom. The van der Waals surface area contributed by atoms with Gasteiger partial charge in [0.25, 0.3) is 0 Å². The minimum Gasteiger partial charge on any atom is -0.478 e. The molecule has 2 unspecified atom stereocenters. The molecule has 0 spiro atoms. The summed E-state index contributed by atoms with van der Waals surface area (Å²) < 4.78 is 4.75. The predicted octanol–water partition coefficient (Wildman–Crippen LogP) is 1.48. The van der Waals surface area contributed by atoms with E-state index in [1.807, 2.05) is 6.92 Å². The third kappa shape index (κ3) is 3.80. The van der Waals surface area contributed by atoms with Gasteiger partial charge in [-0.05, 0) is 31.0 Å². The molecule has 1 heterocycles. The molecule has 2 N–H and O–H groups in total. The molecule has 1 aromatic rings. The van der Waals surface area contributed by atoms with E-state index in [0.29, 0.717) is 19.5 Å². The van der Waals surface area contributed by atoms with Gasteiger partial charge in [-0.15, -0.1) is 0 Å². The molecule has 1 aliphatic heterocycles. The fraction of sp³-hybridized carbons (Fsp3) is 0.438. The van der Waals surface area contributed by atoms with E-state index in [2.05, 4.69) is 5.32 Å². The number of ether oxygens (including phenoxy) is 1. The number of carbonyl (C=O) groups is 3. The summed E-state index contributed by atoms with van der Waals surface area (Å²) in [5.74, 6) is -1.57. The molecule has 0 saturated carbocycles. The zero-order valence-electron chi connectivity index (χ0n) is 13.1. The molecule has 1 aliphatic rings. The van der Waals surface area contributed by atoms with Gasteiger partial charge in [0.05, 0.1) is 18.6 Å². The fourth-order valence-corrected chi connectivity index (χ4v) is 2.74. The number of esters is 1. The minimum absolute atomic E-state index is 0.203. The van der Waals surface area contributed by atoms with Gasteiger partial charge in [0.15, 0.2) is 0 Å². The molecule has 1 fully saturated rings. The molecule has 0 radical (unpaired) electrons. The van der Waals surface area contributed by atoms with Gasteiger partial charge in [-0.1, -0.05) is 12.1 Å². The molecule has 23 heavy (non-hydrogen) atoms. The van der Waals surface area contributed by atoms with Crippen LogP contribution in [0.2, 0.25) is 0 Å². The quantitative estimate of drug-likeness (QED) is 0.819. The SMILES string of the molecule is COC(=O)C1CCN(C(=O)NCc2ccc(C(=O)O)cc2)C1C. The van der Waals surface area contributed by atoms with Crippen LogP contribution in [-0.2, 0) is 16.1 Å². The van der Waals surface area contributed by atoms with Gasteiger partial charge >= 0.3 is 18.0 Å². The van der Waals surface area contributed by atoms with E-state index in [1.54, 1.807) is 17.0 Å². The molecule has 0 aromatic heterocycles. The Labute approximate surface area is 134 Å². The van der Waals surface area contributed by atoms with Crippen LogP contribution < -0.4 is 5.32 Å². The van der Waals surface area contributed by atoms with Crippen molar-refractivity contribution < 1.29 is 24.2 Å². The first-order chi connectivity index (χ1) is 10.9. The van der Waals surface area contributed by atoms with Crippen LogP contribution in [-0.4, -0.2) is 47.7 Å². The standard InChI is InChI=1S/C16H20N2O5/c1-10-13(15(21)23-2)7-8-18(10)16(22)17-9-11-3-5-12(6-4-11)14(19)20/h3-6,10,13H,7-9H2,1-2H3,(H,17,22)(H,19,20). The molecule has 2 atom stereocenters. The number of nitrogens with zero attached hydrogens (tertiary/aromatic N) is 1. The first-order valence-corrected chi connectivity index (χ1v) is 7.38. The van der Waals surface area contributed by atoms with Gasteiger partial charge in [-0.25, -0.2) is 9.59 Å². The van der Waals surface area contributed by atoms with Crippen molar-refractivity contribution in [2.75, 3.05) is 13.7 Å². The highest BCUT2D eigenvalue weighted by Gasteiger charge is 2.38. The minimum atomic E-state index is -0.986. The van der Waals surface area contributed by atoms with Crippen molar-refractivity contribution in [3.05, 3.63) is 35.4 Å². The number of likely N-dealkylation sites (tertiary alicyclic amines) is 1. The molecule has 1 saturated heterocycles. The molecular weight excluding hydrogens is 300 g/mol. The smallest absolute Gasteiger partial charge is 0.335 e. The van der Waals surface area contributed by atoms with Crippen molar-refractivity contribution in [1.82, 2.24) is 10.2 Å². The summed E-state index contributed by atoms with van der Waals surface area (Å²) in [6.45, 7) is 2.63.